The molecule has 1 fully saturated rings. The van der Waals surface area contributed by atoms with Crippen molar-refractivity contribution in [3.05, 3.63) is 48.0 Å². The maximum atomic E-state index is 12.8. The third-order valence-corrected chi connectivity index (χ3v) is 4.82. The Hall–Kier alpha value is -1.90. The first-order valence-corrected chi connectivity index (χ1v) is 7.20. The Balaban J connectivity index is 1.81. The molecule has 1 heterocycles. The number of nitrogens with zero attached hydrogens (tertiary/aromatic N) is 1. The van der Waals surface area contributed by atoms with E-state index in [9.17, 15) is 9.59 Å². The highest BCUT2D eigenvalue weighted by Gasteiger charge is 2.44. The van der Waals surface area contributed by atoms with Gasteiger partial charge in [0, 0.05) is 24.1 Å². The Kier molecular flexibility index (Phi) is 3.20. The van der Waals surface area contributed by atoms with Crippen molar-refractivity contribution >= 4 is 11.7 Å². The number of rotatable bonds is 1. The lowest BCUT2D eigenvalue weighted by atomic mass is 9.65. The normalized spacial score (nSPS) is 20.6. The summed E-state index contributed by atoms with van der Waals surface area (Å²) in [5.41, 5.74) is 1.82. The molecule has 0 unspecified atom stereocenters. The number of benzene rings is 1. The second kappa shape index (κ2) is 4.89. The molecule has 0 N–H and O–H groups in total. The molecule has 1 aromatic carbocycles. The largest absolute Gasteiger partial charge is 0.339 e. The number of aryl methyl sites for hydroxylation is 1. The lowest BCUT2D eigenvalue weighted by Crippen LogP contribution is -2.47. The van der Waals surface area contributed by atoms with Crippen molar-refractivity contribution in [2.75, 3.05) is 13.1 Å². The van der Waals surface area contributed by atoms with Crippen LogP contribution in [-0.2, 0) is 11.2 Å². The van der Waals surface area contributed by atoms with Crippen molar-refractivity contribution in [3.63, 3.8) is 0 Å². The summed E-state index contributed by atoms with van der Waals surface area (Å²) in [4.78, 5) is 26.3. The van der Waals surface area contributed by atoms with Gasteiger partial charge in [-0.1, -0.05) is 30.8 Å². The van der Waals surface area contributed by atoms with E-state index in [-0.39, 0.29) is 17.1 Å². The molecule has 2 aliphatic rings. The van der Waals surface area contributed by atoms with Crippen LogP contribution in [0.1, 0.15) is 35.2 Å². The molecule has 1 aliphatic heterocycles. The highest BCUT2D eigenvalue weighted by atomic mass is 16.2. The van der Waals surface area contributed by atoms with Gasteiger partial charge in [0.1, 0.15) is 0 Å². The van der Waals surface area contributed by atoms with Crippen molar-refractivity contribution in [3.8, 4) is 0 Å². The number of ketones is 1. The summed E-state index contributed by atoms with van der Waals surface area (Å²) in [5.74, 6) is 0.258. The topological polar surface area (TPSA) is 37.4 Å². The molecule has 20 heavy (non-hydrogen) atoms. The number of Topliss-reactive ketones (excluding diaryl/α,β-unsaturated/α-hetero) is 1. The summed E-state index contributed by atoms with van der Waals surface area (Å²) < 4.78 is 0. The molecule has 0 aromatic heterocycles. The number of carbonyl (C=O) groups is 2. The van der Waals surface area contributed by atoms with E-state index in [0.717, 1.165) is 31.2 Å². The van der Waals surface area contributed by atoms with Gasteiger partial charge in [0.15, 0.2) is 5.78 Å². The molecule has 3 heteroatoms. The number of fused-ring (bicyclic) bond motifs is 1. The van der Waals surface area contributed by atoms with E-state index in [0.29, 0.717) is 13.1 Å². The minimum absolute atomic E-state index is 0.0245. The molecule has 1 aliphatic carbocycles. The Morgan fingerprint density at radius 2 is 1.90 bits per heavy atom. The standard InChI is InChI=1S/C17H19NO2/c1-2-15(19)18-11-9-17(10-12-18)8-7-13-5-3-4-6-14(13)16(17)20/h2-6H,1,7-12H2. The summed E-state index contributed by atoms with van der Waals surface area (Å²) in [6.45, 7) is 4.86. The molecular formula is C17H19NO2. The van der Waals surface area contributed by atoms with Gasteiger partial charge in [-0.05, 0) is 37.3 Å². The summed E-state index contributed by atoms with van der Waals surface area (Å²) in [6, 6.07) is 7.93. The first-order valence-electron chi connectivity index (χ1n) is 7.20. The Labute approximate surface area is 119 Å². The molecule has 3 nitrogen and oxygen atoms in total. The highest BCUT2D eigenvalue weighted by Crippen LogP contribution is 2.43. The van der Waals surface area contributed by atoms with Crippen molar-refractivity contribution in [2.24, 2.45) is 5.41 Å². The van der Waals surface area contributed by atoms with E-state index in [1.165, 1.54) is 11.6 Å². The summed E-state index contributed by atoms with van der Waals surface area (Å²) in [6.07, 6.45) is 4.80. The van der Waals surface area contributed by atoms with Crippen LogP contribution in [-0.4, -0.2) is 29.7 Å². The first-order chi connectivity index (χ1) is 9.66. The Morgan fingerprint density at radius 1 is 1.20 bits per heavy atom. The van der Waals surface area contributed by atoms with Gasteiger partial charge in [0.25, 0.3) is 0 Å². The van der Waals surface area contributed by atoms with Crippen LogP contribution >= 0.6 is 0 Å². The average Bonchev–Trinajstić information content (AvgIpc) is 2.51. The van der Waals surface area contributed by atoms with Gasteiger partial charge in [-0.2, -0.15) is 0 Å². The molecule has 104 valence electrons. The fraction of sp³-hybridized carbons (Fsp3) is 0.412. The zero-order valence-corrected chi connectivity index (χ0v) is 11.6. The van der Waals surface area contributed by atoms with Gasteiger partial charge >= 0.3 is 0 Å². The van der Waals surface area contributed by atoms with Gasteiger partial charge in [-0.3, -0.25) is 9.59 Å². The fourth-order valence-corrected chi connectivity index (χ4v) is 3.49. The molecule has 1 aromatic rings. The van der Waals surface area contributed by atoms with E-state index < -0.39 is 0 Å². The second-order valence-corrected chi connectivity index (χ2v) is 5.80. The van der Waals surface area contributed by atoms with Gasteiger partial charge in [0.2, 0.25) is 5.91 Å². The number of carbonyl (C=O) groups excluding carboxylic acids is 2. The van der Waals surface area contributed by atoms with Crippen molar-refractivity contribution < 1.29 is 9.59 Å². The predicted octanol–water partition coefficient (Wildman–Crippen LogP) is 2.61. The third kappa shape index (κ3) is 1.98. The van der Waals surface area contributed by atoms with Crippen molar-refractivity contribution in [1.29, 1.82) is 0 Å². The zero-order chi connectivity index (χ0) is 14.2. The number of hydrogen-bond acceptors (Lipinski definition) is 2. The van der Waals surface area contributed by atoms with Crippen LogP contribution < -0.4 is 0 Å². The number of amides is 1. The first kappa shape index (κ1) is 13.1. The highest BCUT2D eigenvalue weighted by molar-refractivity contribution is 6.03. The summed E-state index contributed by atoms with van der Waals surface area (Å²) >= 11 is 0. The smallest absolute Gasteiger partial charge is 0.245 e. The molecule has 0 atom stereocenters. The zero-order valence-electron chi connectivity index (χ0n) is 11.6. The van der Waals surface area contributed by atoms with Crippen LogP contribution in [0.2, 0.25) is 0 Å². The minimum atomic E-state index is -0.244. The molecular weight excluding hydrogens is 250 g/mol. The van der Waals surface area contributed by atoms with Crippen LogP contribution in [0.3, 0.4) is 0 Å². The number of hydrogen-bond donors (Lipinski definition) is 0. The Bertz CT molecular complexity index is 568. The van der Waals surface area contributed by atoms with Crippen LogP contribution in [0.4, 0.5) is 0 Å². The minimum Gasteiger partial charge on any atom is -0.339 e. The number of likely N-dealkylation sites (tertiary alicyclic amines) is 1. The second-order valence-electron chi connectivity index (χ2n) is 5.80. The lowest BCUT2D eigenvalue weighted by Gasteiger charge is -2.43. The Morgan fingerprint density at radius 3 is 2.60 bits per heavy atom. The summed E-state index contributed by atoms with van der Waals surface area (Å²) in [7, 11) is 0. The predicted molar refractivity (Wildman–Crippen MR) is 77.5 cm³/mol. The summed E-state index contributed by atoms with van der Waals surface area (Å²) in [5, 5.41) is 0. The van der Waals surface area contributed by atoms with E-state index >= 15 is 0 Å². The quantitative estimate of drug-likeness (QED) is 0.735. The van der Waals surface area contributed by atoms with Gasteiger partial charge in [-0.25, -0.2) is 0 Å². The molecule has 1 amide bonds. The molecule has 3 rings (SSSR count). The van der Waals surface area contributed by atoms with E-state index in [2.05, 4.69) is 12.6 Å². The maximum absolute atomic E-state index is 12.8. The number of piperidine rings is 1. The molecule has 0 radical (unpaired) electrons. The monoisotopic (exact) mass is 269 g/mol. The fourth-order valence-electron chi connectivity index (χ4n) is 3.49. The molecule has 1 spiro atoms. The maximum Gasteiger partial charge on any atom is 0.245 e. The van der Waals surface area contributed by atoms with Gasteiger partial charge < -0.3 is 4.90 Å². The van der Waals surface area contributed by atoms with Crippen LogP contribution in [0.5, 0.6) is 0 Å². The van der Waals surface area contributed by atoms with Crippen molar-refractivity contribution in [2.45, 2.75) is 25.7 Å². The van der Waals surface area contributed by atoms with E-state index in [1.54, 1.807) is 4.90 Å². The third-order valence-electron chi connectivity index (χ3n) is 4.82. The van der Waals surface area contributed by atoms with E-state index in [4.69, 9.17) is 0 Å². The lowest BCUT2D eigenvalue weighted by molar-refractivity contribution is -0.128. The average molecular weight is 269 g/mol. The van der Waals surface area contributed by atoms with Crippen LogP contribution in [0.15, 0.2) is 36.9 Å². The SMILES string of the molecule is C=CC(=O)N1CCC2(CCc3ccccc3C2=O)CC1. The van der Waals surface area contributed by atoms with E-state index in [1.807, 2.05) is 18.2 Å². The van der Waals surface area contributed by atoms with Crippen LogP contribution in [0.25, 0.3) is 0 Å². The van der Waals surface area contributed by atoms with Gasteiger partial charge in [0.05, 0.1) is 0 Å². The van der Waals surface area contributed by atoms with Crippen LogP contribution in [0, 0.1) is 5.41 Å². The molecule has 0 bridgehead atoms. The van der Waals surface area contributed by atoms with Crippen molar-refractivity contribution in [1.82, 2.24) is 4.90 Å². The van der Waals surface area contributed by atoms with Gasteiger partial charge in [-0.15, -0.1) is 0 Å². The molecule has 1 saturated heterocycles. The molecule has 0 saturated carbocycles.